The van der Waals surface area contributed by atoms with E-state index in [2.05, 4.69) is 5.32 Å². The lowest BCUT2D eigenvalue weighted by atomic mass is 10.3. The molecule has 0 fully saturated rings. The number of hydrogen-bond donors (Lipinski definition) is 1. The van der Waals surface area contributed by atoms with Gasteiger partial charge in [-0.1, -0.05) is 0 Å². The van der Waals surface area contributed by atoms with Gasteiger partial charge in [0.1, 0.15) is 12.5 Å². The quantitative estimate of drug-likeness (QED) is 0.578. The molecule has 0 spiro atoms. The molecule has 0 saturated heterocycles. The van der Waals surface area contributed by atoms with E-state index in [9.17, 15) is 4.79 Å². The molecular formula is C6H7N3O. The second-order valence-corrected chi connectivity index (χ2v) is 1.75. The highest BCUT2D eigenvalue weighted by molar-refractivity contribution is 5.78. The number of carbonyl (C=O) groups is 1. The van der Waals surface area contributed by atoms with Crippen molar-refractivity contribution in [3.63, 3.8) is 0 Å². The van der Waals surface area contributed by atoms with Gasteiger partial charge in [-0.25, -0.2) is 0 Å². The fourth-order valence-electron chi connectivity index (χ4n) is 0.397. The lowest BCUT2D eigenvalue weighted by Crippen LogP contribution is -2.30. The first-order valence-electron chi connectivity index (χ1n) is 2.76. The number of nitriles is 2. The molecule has 0 aliphatic heterocycles. The van der Waals surface area contributed by atoms with Gasteiger partial charge < -0.3 is 5.32 Å². The Morgan fingerprint density at radius 3 is 2.70 bits per heavy atom. The molecule has 0 aromatic carbocycles. The van der Waals surface area contributed by atoms with Gasteiger partial charge in [0.05, 0.1) is 12.1 Å². The Morgan fingerprint density at radius 2 is 2.30 bits per heavy atom. The zero-order valence-electron chi connectivity index (χ0n) is 5.59. The van der Waals surface area contributed by atoms with Crippen molar-refractivity contribution in [1.82, 2.24) is 5.32 Å². The first kappa shape index (κ1) is 8.45. The lowest BCUT2D eigenvalue weighted by molar-refractivity contribution is -0.120. The largest absolute Gasteiger partial charge is 0.340 e. The summed E-state index contributed by atoms with van der Waals surface area (Å²) in [4.78, 5) is 10.5. The minimum Gasteiger partial charge on any atom is -0.340 e. The van der Waals surface area contributed by atoms with Gasteiger partial charge in [0, 0.05) is 0 Å². The highest BCUT2D eigenvalue weighted by Gasteiger charge is 2.03. The zero-order valence-corrected chi connectivity index (χ0v) is 5.59. The van der Waals surface area contributed by atoms with E-state index >= 15 is 0 Å². The Hall–Kier alpha value is -1.55. The van der Waals surface area contributed by atoms with E-state index in [0.29, 0.717) is 0 Å². The van der Waals surface area contributed by atoms with Crippen molar-refractivity contribution < 1.29 is 4.79 Å². The van der Waals surface area contributed by atoms with Gasteiger partial charge in [-0.3, -0.25) is 4.79 Å². The van der Waals surface area contributed by atoms with Crippen molar-refractivity contribution >= 4 is 5.91 Å². The molecular weight excluding hydrogens is 130 g/mol. The highest BCUT2D eigenvalue weighted by atomic mass is 16.1. The first-order valence-corrected chi connectivity index (χ1v) is 2.76. The van der Waals surface area contributed by atoms with Crippen LogP contribution in [0.1, 0.15) is 13.3 Å². The van der Waals surface area contributed by atoms with Crippen LogP contribution >= 0.6 is 0 Å². The number of hydrogen-bond acceptors (Lipinski definition) is 3. The fraction of sp³-hybridized carbons (Fsp3) is 0.500. The molecule has 0 aromatic rings. The van der Waals surface area contributed by atoms with Crippen LogP contribution in [0.5, 0.6) is 0 Å². The van der Waals surface area contributed by atoms with Crippen molar-refractivity contribution in [2.75, 3.05) is 0 Å². The molecule has 0 saturated carbocycles. The van der Waals surface area contributed by atoms with Gasteiger partial charge in [0.25, 0.3) is 0 Å². The van der Waals surface area contributed by atoms with Gasteiger partial charge in [0.15, 0.2) is 0 Å². The molecule has 1 N–H and O–H groups in total. The number of nitrogens with one attached hydrogen (secondary N) is 1. The Balaban J connectivity index is 3.63. The maximum atomic E-state index is 10.5. The Bertz CT molecular complexity index is 198. The van der Waals surface area contributed by atoms with Gasteiger partial charge in [-0.15, -0.1) is 0 Å². The second kappa shape index (κ2) is 4.34. The van der Waals surface area contributed by atoms with Crippen LogP contribution in [-0.4, -0.2) is 11.9 Å². The molecule has 52 valence electrons. The molecule has 4 nitrogen and oxygen atoms in total. The normalized spacial score (nSPS) is 10.7. The van der Waals surface area contributed by atoms with Crippen molar-refractivity contribution in [3.05, 3.63) is 0 Å². The molecule has 1 amide bonds. The summed E-state index contributed by atoms with van der Waals surface area (Å²) in [5.74, 6) is -0.406. The third kappa shape index (κ3) is 3.45. The summed E-state index contributed by atoms with van der Waals surface area (Å²) in [6, 6.07) is 2.98. The monoisotopic (exact) mass is 137 g/mol. The number of rotatable bonds is 2. The molecule has 10 heavy (non-hydrogen) atoms. The van der Waals surface area contributed by atoms with E-state index in [1.165, 1.54) is 0 Å². The van der Waals surface area contributed by atoms with Crippen molar-refractivity contribution in [1.29, 1.82) is 10.5 Å². The predicted molar refractivity (Wildman–Crippen MR) is 33.4 cm³/mol. The molecule has 0 heterocycles. The number of carbonyl (C=O) groups excluding carboxylic acids is 1. The van der Waals surface area contributed by atoms with Gasteiger partial charge in [-0.05, 0) is 6.92 Å². The summed E-state index contributed by atoms with van der Waals surface area (Å²) < 4.78 is 0. The molecule has 1 unspecified atom stereocenters. The van der Waals surface area contributed by atoms with Gasteiger partial charge in [0.2, 0.25) is 5.91 Å². The van der Waals surface area contributed by atoms with Crippen molar-refractivity contribution in [2.24, 2.45) is 0 Å². The Labute approximate surface area is 59.1 Å². The van der Waals surface area contributed by atoms with Crippen LogP contribution in [0.3, 0.4) is 0 Å². The summed E-state index contributed by atoms with van der Waals surface area (Å²) in [5.41, 5.74) is 0. The minimum absolute atomic E-state index is 0.188. The third-order valence-corrected chi connectivity index (χ3v) is 0.811. The van der Waals surface area contributed by atoms with Gasteiger partial charge in [-0.2, -0.15) is 10.5 Å². The zero-order chi connectivity index (χ0) is 7.98. The molecule has 4 heteroatoms. The first-order chi connectivity index (χ1) is 4.70. The SMILES string of the molecule is CC(C#N)NC(=O)CC#N. The molecule has 0 bridgehead atoms. The van der Waals surface area contributed by atoms with E-state index < -0.39 is 11.9 Å². The predicted octanol–water partition coefficient (Wildman–Crippen LogP) is -0.0716. The summed E-state index contributed by atoms with van der Waals surface area (Å²) in [5, 5.41) is 18.5. The van der Waals surface area contributed by atoms with Gasteiger partial charge >= 0.3 is 0 Å². The molecule has 0 radical (unpaired) electrons. The lowest BCUT2D eigenvalue weighted by Gasteiger charge is -2.01. The average molecular weight is 137 g/mol. The Kier molecular flexibility index (Phi) is 3.67. The minimum atomic E-state index is -0.513. The maximum Gasteiger partial charge on any atom is 0.235 e. The van der Waals surface area contributed by atoms with Crippen LogP contribution in [-0.2, 0) is 4.79 Å². The van der Waals surface area contributed by atoms with E-state index in [-0.39, 0.29) is 6.42 Å². The molecule has 0 aliphatic rings. The van der Waals surface area contributed by atoms with Crippen LogP contribution in [0.2, 0.25) is 0 Å². The smallest absolute Gasteiger partial charge is 0.235 e. The van der Waals surface area contributed by atoms with Crippen LogP contribution in [0.25, 0.3) is 0 Å². The van der Waals surface area contributed by atoms with E-state index in [4.69, 9.17) is 10.5 Å². The summed E-state index contributed by atoms with van der Waals surface area (Å²) in [6.45, 7) is 1.55. The van der Waals surface area contributed by atoms with E-state index in [1.807, 2.05) is 6.07 Å². The van der Waals surface area contributed by atoms with E-state index in [0.717, 1.165) is 0 Å². The van der Waals surface area contributed by atoms with Crippen LogP contribution in [0, 0.1) is 22.7 Å². The van der Waals surface area contributed by atoms with E-state index in [1.54, 1.807) is 13.0 Å². The summed E-state index contributed by atoms with van der Waals surface area (Å²) >= 11 is 0. The van der Waals surface area contributed by atoms with Crippen LogP contribution < -0.4 is 5.32 Å². The number of nitrogens with zero attached hydrogens (tertiary/aromatic N) is 2. The fourth-order valence-corrected chi connectivity index (χ4v) is 0.397. The topological polar surface area (TPSA) is 76.7 Å². The maximum absolute atomic E-state index is 10.5. The summed E-state index contributed by atoms with van der Waals surface area (Å²) in [7, 11) is 0. The van der Waals surface area contributed by atoms with Crippen molar-refractivity contribution in [3.8, 4) is 12.1 Å². The molecule has 0 rings (SSSR count). The molecule has 0 aliphatic carbocycles. The third-order valence-electron chi connectivity index (χ3n) is 0.811. The summed E-state index contributed by atoms with van der Waals surface area (Å²) in [6.07, 6.45) is -0.188. The Morgan fingerprint density at radius 1 is 1.70 bits per heavy atom. The van der Waals surface area contributed by atoms with Crippen molar-refractivity contribution in [2.45, 2.75) is 19.4 Å². The highest BCUT2D eigenvalue weighted by Crippen LogP contribution is 1.80. The standard InChI is InChI=1S/C6H7N3O/c1-5(4-8)9-6(10)2-3-7/h5H,2H2,1H3,(H,9,10). The molecule has 0 aromatic heterocycles. The number of amides is 1. The second-order valence-electron chi connectivity index (χ2n) is 1.75. The van der Waals surface area contributed by atoms with Crippen LogP contribution in [0.4, 0.5) is 0 Å². The van der Waals surface area contributed by atoms with Crippen LogP contribution in [0.15, 0.2) is 0 Å². The average Bonchev–Trinajstić information content (AvgIpc) is 1.88. The molecule has 1 atom stereocenters.